The van der Waals surface area contributed by atoms with E-state index in [1.165, 1.54) is 31.3 Å². The number of aromatic carboxylic acids is 1. The highest BCUT2D eigenvalue weighted by atomic mass is 16.4. The Morgan fingerprint density at radius 3 is 2.70 bits per heavy atom. The average Bonchev–Trinajstić information content (AvgIpc) is 2.88. The van der Waals surface area contributed by atoms with E-state index in [2.05, 4.69) is 10.4 Å². The molecule has 0 aliphatic rings. The highest BCUT2D eigenvalue weighted by Gasteiger charge is 2.11. The minimum absolute atomic E-state index is 0.0244. The molecule has 1 amide bonds. The van der Waals surface area contributed by atoms with Crippen molar-refractivity contribution in [2.75, 3.05) is 0 Å². The van der Waals surface area contributed by atoms with Gasteiger partial charge in [-0.05, 0) is 18.2 Å². The number of carboxylic acids is 1. The van der Waals surface area contributed by atoms with Gasteiger partial charge in [-0.2, -0.15) is 5.10 Å². The van der Waals surface area contributed by atoms with Crippen molar-refractivity contribution in [2.24, 2.45) is 7.05 Å². The second kappa shape index (κ2) is 5.39. The third-order valence-corrected chi connectivity index (χ3v) is 2.49. The molecule has 8 heteroatoms. The Bertz CT molecular complexity index is 716. The van der Waals surface area contributed by atoms with E-state index < -0.39 is 11.9 Å². The molecule has 0 aliphatic carbocycles. The molecule has 0 bridgehead atoms. The van der Waals surface area contributed by atoms with Gasteiger partial charge in [-0.15, -0.1) is 0 Å². The molecule has 8 nitrogen and oxygen atoms in total. The molecule has 104 valence electrons. The smallest absolute Gasteiger partial charge is 0.371 e. The van der Waals surface area contributed by atoms with E-state index in [4.69, 9.17) is 9.52 Å². The van der Waals surface area contributed by atoms with Crippen LogP contribution >= 0.6 is 0 Å². The zero-order valence-electron chi connectivity index (χ0n) is 10.5. The molecular formula is C12H11N3O5. The first kappa shape index (κ1) is 13.5. The zero-order valence-corrected chi connectivity index (χ0v) is 10.5. The van der Waals surface area contributed by atoms with E-state index in [1.807, 2.05) is 0 Å². The van der Waals surface area contributed by atoms with Gasteiger partial charge in [0.05, 0.1) is 6.54 Å². The van der Waals surface area contributed by atoms with Crippen LogP contribution < -0.4 is 10.9 Å². The van der Waals surface area contributed by atoms with Crippen molar-refractivity contribution >= 4 is 11.9 Å². The molecule has 0 atom stereocenters. The third kappa shape index (κ3) is 2.91. The number of amides is 1. The van der Waals surface area contributed by atoms with Crippen LogP contribution in [-0.4, -0.2) is 26.8 Å². The van der Waals surface area contributed by atoms with Gasteiger partial charge in [0.2, 0.25) is 5.76 Å². The van der Waals surface area contributed by atoms with Gasteiger partial charge in [-0.1, -0.05) is 0 Å². The number of hydrogen-bond donors (Lipinski definition) is 2. The first-order valence-corrected chi connectivity index (χ1v) is 5.62. The van der Waals surface area contributed by atoms with Crippen LogP contribution in [0.4, 0.5) is 0 Å². The summed E-state index contributed by atoms with van der Waals surface area (Å²) in [4.78, 5) is 33.5. The second-order valence-electron chi connectivity index (χ2n) is 3.93. The molecule has 2 heterocycles. The predicted octanol–water partition coefficient (Wildman–Crippen LogP) is 0.00150. The van der Waals surface area contributed by atoms with Crippen molar-refractivity contribution < 1.29 is 19.1 Å². The van der Waals surface area contributed by atoms with Gasteiger partial charge in [0.1, 0.15) is 11.5 Å². The number of aryl methyl sites for hydroxylation is 1. The van der Waals surface area contributed by atoms with Crippen LogP contribution in [0.25, 0.3) is 0 Å². The van der Waals surface area contributed by atoms with Crippen molar-refractivity contribution in [2.45, 2.75) is 6.54 Å². The molecule has 2 aromatic heterocycles. The minimum atomic E-state index is -1.18. The molecule has 0 spiro atoms. The summed E-state index contributed by atoms with van der Waals surface area (Å²) in [6.07, 6.45) is 0. The van der Waals surface area contributed by atoms with E-state index in [1.54, 1.807) is 0 Å². The Morgan fingerprint density at radius 2 is 2.10 bits per heavy atom. The topological polar surface area (TPSA) is 114 Å². The molecule has 0 aromatic carbocycles. The highest BCUT2D eigenvalue weighted by Crippen LogP contribution is 2.07. The number of carbonyl (C=O) groups excluding carboxylic acids is 1. The molecule has 0 aliphatic heterocycles. The molecule has 0 radical (unpaired) electrons. The normalized spacial score (nSPS) is 10.2. The van der Waals surface area contributed by atoms with E-state index in [0.717, 1.165) is 4.68 Å². The van der Waals surface area contributed by atoms with Crippen LogP contribution in [0.1, 0.15) is 26.8 Å². The lowest BCUT2D eigenvalue weighted by molar-refractivity contribution is 0.0660. The van der Waals surface area contributed by atoms with Crippen LogP contribution in [0.2, 0.25) is 0 Å². The summed E-state index contributed by atoms with van der Waals surface area (Å²) < 4.78 is 6.03. The maximum Gasteiger partial charge on any atom is 0.371 e. The third-order valence-electron chi connectivity index (χ3n) is 2.49. The van der Waals surface area contributed by atoms with Gasteiger partial charge >= 0.3 is 5.97 Å². The van der Waals surface area contributed by atoms with E-state index in [0.29, 0.717) is 5.76 Å². The largest absolute Gasteiger partial charge is 0.475 e. The SMILES string of the molecule is Cn1nc(C(=O)NCc2ccc(C(=O)O)o2)ccc1=O. The maximum atomic E-state index is 11.8. The van der Waals surface area contributed by atoms with Crippen LogP contribution in [0.15, 0.2) is 33.5 Å². The van der Waals surface area contributed by atoms with E-state index in [9.17, 15) is 14.4 Å². The lowest BCUT2D eigenvalue weighted by Gasteiger charge is -2.03. The summed E-state index contributed by atoms with van der Waals surface area (Å²) in [5, 5.41) is 15.0. The minimum Gasteiger partial charge on any atom is -0.475 e. The Hall–Kier alpha value is -2.90. The Balaban J connectivity index is 2.02. The molecule has 0 saturated carbocycles. The predicted molar refractivity (Wildman–Crippen MR) is 66.3 cm³/mol. The molecular weight excluding hydrogens is 266 g/mol. The molecule has 2 N–H and O–H groups in total. The van der Waals surface area contributed by atoms with Gasteiger partial charge in [-0.25, -0.2) is 9.48 Å². The summed E-state index contributed by atoms with van der Waals surface area (Å²) >= 11 is 0. The van der Waals surface area contributed by atoms with E-state index >= 15 is 0 Å². The van der Waals surface area contributed by atoms with Crippen molar-refractivity contribution in [3.63, 3.8) is 0 Å². The summed E-state index contributed by atoms with van der Waals surface area (Å²) in [6, 6.07) is 5.30. The molecule has 0 unspecified atom stereocenters. The lowest BCUT2D eigenvalue weighted by Crippen LogP contribution is -2.27. The first-order chi connectivity index (χ1) is 9.47. The number of carboxylic acid groups (broad SMARTS) is 1. The van der Waals surface area contributed by atoms with Crippen molar-refractivity contribution in [1.29, 1.82) is 0 Å². The molecule has 0 saturated heterocycles. The van der Waals surface area contributed by atoms with Gasteiger partial charge < -0.3 is 14.8 Å². The summed E-state index contributed by atoms with van der Waals surface area (Å²) in [5.41, 5.74) is -0.240. The number of hydrogen-bond acceptors (Lipinski definition) is 5. The average molecular weight is 277 g/mol. The fourth-order valence-corrected chi connectivity index (χ4v) is 1.47. The fraction of sp³-hybridized carbons (Fsp3) is 0.167. The first-order valence-electron chi connectivity index (χ1n) is 5.62. The fourth-order valence-electron chi connectivity index (χ4n) is 1.47. The number of carbonyl (C=O) groups is 2. The summed E-state index contributed by atoms with van der Waals surface area (Å²) in [5.74, 6) is -1.56. The van der Waals surface area contributed by atoms with Crippen LogP contribution in [0, 0.1) is 0 Å². The van der Waals surface area contributed by atoms with Gasteiger partial charge in [0.25, 0.3) is 11.5 Å². The number of nitrogens with zero attached hydrogens (tertiary/aromatic N) is 2. The van der Waals surface area contributed by atoms with Crippen LogP contribution in [0.3, 0.4) is 0 Å². The monoisotopic (exact) mass is 277 g/mol. The number of aromatic nitrogens is 2. The van der Waals surface area contributed by atoms with Crippen LogP contribution in [0.5, 0.6) is 0 Å². The quantitative estimate of drug-likeness (QED) is 0.813. The lowest BCUT2D eigenvalue weighted by atomic mass is 10.3. The molecule has 2 rings (SSSR count). The standard InChI is InChI=1S/C12H11N3O5/c1-15-10(16)5-3-8(14-15)11(17)13-6-7-2-4-9(20-7)12(18)19/h2-5H,6H2,1H3,(H,13,17)(H,18,19). The van der Waals surface area contributed by atoms with E-state index in [-0.39, 0.29) is 23.6 Å². The second-order valence-corrected chi connectivity index (χ2v) is 3.93. The van der Waals surface area contributed by atoms with Gasteiger partial charge in [0.15, 0.2) is 0 Å². The van der Waals surface area contributed by atoms with Crippen molar-refractivity contribution in [1.82, 2.24) is 15.1 Å². The number of rotatable bonds is 4. The molecule has 0 fully saturated rings. The summed E-state index contributed by atoms with van der Waals surface area (Å²) in [7, 11) is 1.44. The number of furan rings is 1. The van der Waals surface area contributed by atoms with Crippen molar-refractivity contribution in [3.05, 3.63) is 51.8 Å². The molecule has 2 aromatic rings. The Labute approximate surface area is 112 Å². The molecule has 20 heavy (non-hydrogen) atoms. The maximum absolute atomic E-state index is 11.8. The van der Waals surface area contributed by atoms with Crippen molar-refractivity contribution in [3.8, 4) is 0 Å². The number of nitrogens with one attached hydrogen (secondary N) is 1. The van der Waals surface area contributed by atoms with Crippen LogP contribution in [-0.2, 0) is 13.6 Å². The summed E-state index contributed by atoms with van der Waals surface area (Å²) in [6.45, 7) is 0.0244. The van der Waals surface area contributed by atoms with Gasteiger partial charge in [0, 0.05) is 13.1 Å². The zero-order chi connectivity index (χ0) is 14.7. The Kier molecular flexibility index (Phi) is 3.65. The highest BCUT2D eigenvalue weighted by molar-refractivity contribution is 5.91. The Morgan fingerprint density at radius 1 is 1.35 bits per heavy atom. The van der Waals surface area contributed by atoms with Gasteiger partial charge in [-0.3, -0.25) is 9.59 Å².